The summed E-state index contributed by atoms with van der Waals surface area (Å²) in [6.07, 6.45) is 0.272. The molecule has 4 nitrogen and oxygen atoms in total. The Kier molecular flexibility index (Phi) is 4.75. The minimum absolute atomic E-state index is 0.0568. The van der Waals surface area contributed by atoms with E-state index >= 15 is 0 Å². The monoisotopic (exact) mass is 347 g/mol. The molecule has 0 amide bonds. The van der Waals surface area contributed by atoms with Crippen LogP contribution in [-0.4, -0.2) is 23.9 Å². The van der Waals surface area contributed by atoms with Crippen LogP contribution in [0.5, 0.6) is 0 Å². The van der Waals surface area contributed by atoms with Crippen molar-refractivity contribution in [2.45, 2.75) is 6.42 Å². The smallest absolute Gasteiger partial charge is 0.335 e. The average Bonchev–Trinajstić information content (AvgIpc) is 2.48. The van der Waals surface area contributed by atoms with Crippen LogP contribution in [0.25, 0.3) is 0 Å². The Morgan fingerprint density at radius 2 is 1.81 bits per heavy atom. The maximum atomic E-state index is 12.4. The number of anilines is 1. The largest absolute Gasteiger partial charge is 0.478 e. The first-order valence-corrected chi connectivity index (χ1v) is 7.13. The molecule has 0 heterocycles. The first kappa shape index (κ1) is 15.3. The van der Waals surface area contributed by atoms with Crippen LogP contribution in [0.15, 0.2) is 46.9 Å². The number of aromatic carboxylic acids is 1. The Morgan fingerprint density at radius 1 is 1.14 bits per heavy atom. The van der Waals surface area contributed by atoms with Crippen molar-refractivity contribution < 1.29 is 14.7 Å². The van der Waals surface area contributed by atoms with E-state index < -0.39 is 5.97 Å². The molecule has 2 aromatic rings. The lowest BCUT2D eigenvalue weighted by Gasteiger charge is -2.09. The highest BCUT2D eigenvalue weighted by Crippen LogP contribution is 2.20. The van der Waals surface area contributed by atoms with Gasteiger partial charge in [-0.3, -0.25) is 4.79 Å². The molecule has 2 N–H and O–H groups in total. The summed E-state index contributed by atoms with van der Waals surface area (Å²) >= 11 is 3.35. The fourth-order valence-electron chi connectivity index (χ4n) is 2.01. The first-order valence-electron chi connectivity index (χ1n) is 6.34. The van der Waals surface area contributed by atoms with E-state index in [4.69, 9.17) is 5.11 Å². The second-order valence-electron chi connectivity index (χ2n) is 4.54. The quantitative estimate of drug-likeness (QED) is 0.810. The number of benzene rings is 2. The van der Waals surface area contributed by atoms with E-state index in [0.29, 0.717) is 11.3 Å². The van der Waals surface area contributed by atoms with Crippen LogP contribution in [-0.2, 0) is 6.42 Å². The highest BCUT2D eigenvalue weighted by Gasteiger charge is 2.14. The number of carboxylic acids is 1. The molecule has 5 heteroatoms. The van der Waals surface area contributed by atoms with Crippen molar-refractivity contribution in [2.75, 3.05) is 12.4 Å². The van der Waals surface area contributed by atoms with Crippen molar-refractivity contribution in [2.24, 2.45) is 0 Å². The van der Waals surface area contributed by atoms with Gasteiger partial charge >= 0.3 is 5.97 Å². The molecule has 0 aliphatic carbocycles. The summed E-state index contributed by atoms with van der Waals surface area (Å²) < 4.78 is 0.959. The molecule has 0 spiro atoms. The van der Waals surface area contributed by atoms with Gasteiger partial charge in [0.2, 0.25) is 0 Å². The third kappa shape index (κ3) is 3.70. The average molecular weight is 348 g/mol. The Morgan fingerprint density at radius 3 is 2.38 bits per heavy atom. The van der Waals surface area contributed by atoms with Gasteiger partial charge in [-0.1, -0.05) is 28.1 Å². The minimum Gasteiger partial charge on any atom is -0.478 e. The third-order valence-electron chi connectivity index (χ3n) is 3.11. The molecule has 0 aliphatic heterocycles. The van der Waals surface area contributed by atoms with Crippen LogP contribution in [0.1, 0.15) is 26.3 Å². The predicted molar refractivity (Wildman–Crippen MR) is 85.1 cm³/mol. The van der Waals surface area contributed by atoms with Gasteiger partial charge in [0.1, 0.15) is 0 Å². The summed E-state index contributed by atoms with van der Waals surface area (Å²) in [7, 11) is 1.66. The van der Waals surface area contributed by atoms with E-state index in [2.05, 4.69) is 21.2 Å². The number of Topliss-reactive ketones (excluding diaryl/α,β-unsaturated/α-hetero) is 1. The molecule has 108 valence electrons. The molecule has 0 aliphatic rings. The SMILES string of the molecule is CNc1cc(C(=O)O)ccc1C(=O)Cc1ccc(Br)cc1. The van der Waals surface area contributed by atoms with E-state index in [1.54, 1.807) is 13.1 Å². The number of halogens is 1. The van der Waals surface area contributed by atoms with Gasteiger partial charge in [-0.25, -0.2) is 4.79 Å². The third-order valence-corrected chi connectivity index (χ3v) is 3.64. The molecule has 2 rings (SSSR count). The van der Waals surface area contributed by atoms with E-state index in [1.165, 1.54) is 12.1 Å². The van der Waals surface area contributed by atoms with Crippen LogP contribution in [0.2, 0.25) is 0 Å². The van der Waals surface area contributed by atoms with E-state index in [9.17, 15) is 9.59 Å². The summed E-state index contributed by atoms with van der Waals surface area (Å²) in [5.74, 6) is -1.07. The molecule has 0 saturated carbocycles. The summed E-state index contributed by atoms with van der Waals surface area (Å²) in [5, 5.41) is 11.9. The molecular formula is C16H14BrNO3. The van der Waals surface area contributed by atoms with E-state index in [0.717, 1.165) is 10.0 Å². The van der Waals surface area contributed by atoms with E-state index in [1.807, 2.05) is 24.3 Å². The molecule has 0 saturated heterocycles. The fourth-order valence-corrected chi connectivity index (χ4v) is 2.27. The molecule has 0 aromatic heterocycles. The number of carbonyl (C=O) groups excluding carboxylic acids is 1. The van der Waals surface area contributed by atoms with Crippen LogP contribution >= 0.6 is 15.9 Å². The van der Waals surface area contributed by atoms with Gasteiger partial charge in [-0.15, -0.1) is 0 Å². The number of rotatable bonds is 5. The van der Waals surface area contributed by atoms with E-state index in [-0.39, 0.29) is 17.8 Å². The maximum absolute atomic E-state index is 12.4. The summed E-state index contributed by atoms with van der Waals surface area (Å²) in [5.41, 5.74) is 2.08. The van der Waals surface area contributed by atoms with Crippen LogP contribution in [0, 0.1) is 0 Å². The zero-order valence-corrected chi connectivity index (χ0v) is 13.0. The van der Waals surface area contributed by atoms with Gasteiger partial charge in [0.25, 0.3) is 0 Å². The number of nitrogens with one attached hydrogen (secondary N) is 1. The highest BCUT2D eigenvalue weighted by atomic mass is 79.9. The Labute approximate surface area is 130 Å². The number of ketones is 1. The molecular weight excluding hydrogens is 334 g/mol. The van der Waals surface area contributed by atoms with Crippen molar-refractivity contribution in [3.05, 3.63) is 63.6 Å². The maximum Gasteiger partial charge on any atom is 0.335 e. The van der Waals surface area contributed by atoms with Gasteiger partial charge in [0, 0.05) is 29.2 Å². The van der Waals surface area contributed by atoms with Crippen molar-refractivity contribution in [1.82, 2.24) is 0 Å². The van der Waals surface area contributed by atoms with Gasteiger partial charge in [0.05, 0.1) is 5.56 Å². The molecule has 0 fully saturated rings. The minimum atomic E-state index is -1.02. The number of carboxylic acid groups (broad SMARTS) is 1. The lowest BCUT2D eigenvalue weighted by molar-refractivity contribution is 0.0696. The van der Waals surface area contributed by atoms with Gasteiger partial charge < -0.3 is 10.4 Å². The molecule has 0 bridgehead atoms. The molecule has 21 heavy (non-hydrogen) atoms. The van der Waals surface area contributed by atoms with Gasteiger partial charge in [0.15, 0.2) is 5.78 Å². The van der Waals surface area contributed by atoms with Crippen LogP contribution in [0.3, 0.4) is 0 Å². The zero-order valence-electron chi connectivity index (χ0n) is 11.4. The lowest BCUT2D eigenvalue weighted by Crippen LogP contribution is -2.09. The normalized spacial score (nSPS) is 10.2. The Hall–Kier alpha value is -2.14. The molecule has 0 radical (unpaired) electrons. The Bertz CT molecular complexity index is 680. The molecule has 2 aromatic carbocycles. The summed E-state index contributed by atoms with van der Waals surface area (Å²) in [6, 6.07) is 12.0. The topological polar surface area (TPSA) is 66.4 Å². The lowest BCUT2D eigenvalue weighted by atomic mass is 10.00. The van der Waals surface area contributed by atoms with Crippen molar-refractivity contribution in [1.29, 1.82) is 0 Å². The van der Waals surface area contributed by atoms with Gasteiger partial charge in [-0.05, 0) is 35.9 Å². The highest BCUT2D eigenvalue weighted by molar-refractivity contribution is 9.10. The van der Waals surface area contributed by atoms with Crippen molar-refractivity contribution in [3.63, 3.8) is 0 Å². The molecule has 0 atom stereocenters. The second-order valence-corrected chi connectivity index (χ2v) is 5.46. The predicted octanol–water partition coefficient (Wildman–Crippen LogP) is 3.61. The van der Waals surface area contributed by atoms with Crippen LogP contribution in [0.4, 0.5) is 5.69 Å². The van der Waals surface area contributed by atoms with Crippen molar-refractivity contribution in [3.8, 4) is 0 Å². The molecule has 0 unspecified atom stereocenters. The Balaban J connectivity index is 2.26. The zero-order chi connectivity index (χ0) is 15.4. The van der Waals surface area contributed by atoms with Crippen LogP contribution < -0.4 is 5.32 Å². The van der Waals surface area contributed by atoms with Crippen molar-refractivity contribution >= 4 is 33.4 Å². The number of hydrogen-bond acceptors (Lipinski definition) is 3. The second kappa shape index (κ2) is 6.54. The first-order chi connectivity index (χ1) is 10.0. The van der Waals surface area contributed by atoms with Gasteiger partial charge in [-0.2, -0.15) is 0 Å². The number of hydrogen-bond donors (Lipinski definition) is 2. The summed E-state index contributed by atoms with van der Waals surface area (Å²) in [4.78, 5) is 23.3. The number of carbonyl (C=O) groups is 2. The standard InChI is InChI=1S/C16H14BrNO3/c1-18-14-9-11(16(20)21)4-7-13(14)15(19)8-10-2-5-12(17)6-3-10/h2-7,9,18H,8H2,1H3,(H,20,21). The fraction of sp³-hybridized carbons (Fsp3) is 0.125. The summed E-state index contributed by atoms with van der Waals surface area (Å²) in [6.45, 7) is 0.